The molecule has 246 valence electrons. The van der Waals surface area contributed by atoms with E-state index in [-0.39, 0.29) is 18.9 Å². The number of carboxylic acids is 4. The molecule has 0 saturated carbocycles. The molecule has 0 fully saturated rings. The highest BCUT2D eigenvalue weighted by Gasteiger charge is 2.29. The van der Waals surface area contributed by atoms with Crippen LogP contribution in [0.25, 0.3) is 0 Å². The molecule has 0 bridgehead atoms. The maximum absolute atomic E-state index is 12.5. The van der Waals surface area contributed by atoms with Crippen LogP contribution in [-0.2, 0) is 43.2 Å². The maximum Gasteiger partial charge on any atom is 0.326 e. The van der Waals surface area contributed by atoms with Crippen LogP contribution in [0.4, 0.5) is 0 Å². The third kappa shape index (κ3) is 17.3. The van der Waals surface area contributed by atoms with E-state index in [0.29, 0.717) is 6.42 Å². The van der Waals surface area contributed by atoms with E-state index < -0.39 is 110 Å². The van der Waals surface area contributed by atoms with Crippen molar-refractivity contribution in [2.45, 2.75) is 56.3 Å². The fourth-order valence-corrected chi connectivity index (χ4v) is 3.17. The van der Waals surface area contributed by atoms with Gasteiger partial charge in [-0.3, -0.25) is 43.8 Å². The van der Waals surface area contributed by atoms with Crippen molar-refractivity contribution < 1.29 is 63.6 Å². The van der Waals surface area contributed by atoms with Gasteiger partial charge in [-0.25, -0.2) is 4.79 Å². The SMILES string of the molecule is N=C(N)NCCC[C@H](N)C(=O)N[C@@H](CC(=O)O)C(=O)NCC(=O)N[C@@H](CC(=O)O)C(=O)NCC(=O)N[C@@H](CC(=O)O)C(=O)O. The zero-order valence-corrected chi connectivity index (χ0v) is 23.1. The minimum absolute atomic E-state index is 0.0765. The molecule has 44 heavy (non-hydrogen) atoms. The van der Waals surface area contributed by atoms with Gasteiger partial charge >= 0.3 is 23.9 Å². The number of carboxylic acid groups (broad SMARTS) is 4. The Bertz CT molecular complexity index is 1130. The fourth-order valence-electron chi connectivity index (χ4n) is 3.17. The molecule has 0 radical (unpaired) electrons. The summed E-state index contributed by atoms with van der Waals surface area (Å²) in [6.45, 7) is -1.61. The van der Waals surface area contributed by atoms with Gasteiger partial charge in [0, 0.05) is 6.54 Å². The summed E-state index contributed by atoms with van der Waals surface area (Å²) < 4.78 is 0. The highest BCUT2D eigenvalue weighted by molar-refractivity contribution is 5.96. The second-order valence-electron chi connectivity index (χ2n) is 8.96. The average molecular weight is 634 g/mol. The second-order valence-corrected chi connectivity index (χ2v) is 8.96. The fraction of sp³-hybridized carbons (Fsp3) is 0.545. The van der Waals surface area contributed by atoms with E-state index in [0.717, 1.165) is 0 Å². The van der Waals surface area contributed by atoms with E-state index in [4.69, 9.17) is 37.3 Å². The van der Waals surface area contributed by atoms with Crippen molar-refractivity contribution in [2.24, 2.45) is 11.5 Å². The predicted molar refractivity (Wildman–Crippen MR) is 143 cm³/mol. The molecule has 0 rings (SSSR count). The van der Waals surface area contributed by atoms with Gasteiger partial charge in [-0.15, -0.1) is 0 Å². The minimum Gasteiger partial charge on any atom is -0.481 e. The van der Waals surface area contributed by atoms with Gasteiger partial charge in [0.2, 0.25) is 29.5 Å². The first-order chi connectivity index (χ1) is 20.4. The molecule has 0 unspecified atom stereocenters. The van der Waals surface area contributed by atoms with Crippen LogP contribution < -0.4 is 43.4 Å². The number of amides is 5. The molecule has 0 spiro atoms. The lowest BCUT2D eigenvalue weighted by Crippen LogP contribution is -2.55. The molecule has 4 atom stereocenters. The lowest BCUT2D eigenvalue weighted by Gasteiger charge is -2.20. The van der Waals surface area contributed by atoms with Gasteiger partial charge in [-0.1, -0.05) is 0 Å². The van der Waals surface area contributed by atoms with Crippen LogP contribution in [0.1, 0.15) is 32.1 Å². The van der Waals surface area contributed by atoms with Crippen LogP contribution in [0.2, 0.25) is 0 Å². The quantitative estimate of drug-likeness (QED) is 0.0317. The van der Waals surface area contributed by atoms with E-state index >= 15 is 0 Å². The lowest BCUT2D eigenvalue weighted by molar-refractivity contribution is -0.147. The molecule has 0 aliphatic carbocycles. The average Bonchev–Trinajstić information content (AvgIpc) is 2.90. The van der Waals surface area contributed by atoms with Gasteiger partial charge in [0.05, 0.1) is 38.4 Å². The Morgan fingerprint density at radius 1 is 0.614 bits per heavy atom. The van der Waals surface area contributed by atoms with E-state index in [1.165, 1.54) is 0 Å². The van der Waals surface area contributed by atoms with Gasteiger partial charge in [0.25, 0.3) is 0 Å². The Hall–Kier alpha value is -5.54. The first kappa shape index (κ1) is 38.5. The number of guanidine groups is 1. The molecule has 0 saturated heterocycles. The third-order valence-electron chi connectivity index (χ3n) is 5.24. The Balaban J connectivity index is 5.11. The summed E-state index contributed by atoms with van der Waals surface area (Å²) in [5, 5.41) is 55.3. The Labute approximate surface area is 248 Å². The standard InChI is InChI=1S/C22H35N9O13/c23-9(2-1-3-26-22(24)25)18(40)31-11(5-16(36)37)20(42)28-7-13(32)29-10(4-15(34)35)19(41)27-8-14(33)30-12(21(43)44)6-17(38)39/h9-12H,1-8,23H2,(H,27,41)(H,28,42)(H,29,32)(H,30,33)(H,31,40)(H,34,35)(H,36,37)(H,38,39)(H,43,44)(H4,24,25,26)/t9-,10-,11-,12-/m0/s1. The molecule has 0 aromatic heterocycles. The second kappa shape index (κ2) is 19.6. The number of aliphatic carboxylic acids is 4. The van der Waals surface area contributed by atoms with Crippen LogP contribution in [0.3, 0.4) is 0 Å². The Kier molecular flexibility index (Phi) is 17.1. The van der Waals surface area contributed by atoms with Gasteiger partial charge in [0.15, 0.2) is 5.96 Å². The summed E-state index contributed by atoms with van der Waals surface area (Å²) in [6.07, 6.45) is -2.50. The zero-order valence-electron chi connectivity index (χ0n) is 23.1. The molecule has 0 aliphatic heterocycles. The number of hydrogen-bond acceptors (Lipinski definition) is 11. The van der Waals surface area contributed by atoms with E-state index in [2.05, 4.69) is 10.6 Å². The molecule has 22 heteroatoms. The Morgan fingerprint density at radius 2 is 1.02 bits per heavy atom. The molecule has 0 aromatic rings. The highest BCUT2D eigenvalue weighted by Crippen LogP contribution is 1.99. The number of hydrogen-bond donors (Lipinski definition) is 13. The van der Waals surface area contributed by atoms with Crippen LogP contribution in [0, 0.1) is 5.41 Å². The largest absolute Gasteiger partial charge is 0.481 e. The summed E-state index contributed by atoms with van der Waals surface area (Å²) in [6, 6.07) is -6.47. The summed E-state index contributed by atoms with van der Waals surface area (Å²) >= 11 is 0. The molecule has 15 N–H and O–H groups in total. The van der Waals surface area contributed by atoms with Crippen molar-refractivity contribution in [3.63, 3.8) is 0 Å². The number of rotatable bonds is 21. The molecule has 22 nitrogen and oxygen atoms in total. The zero-order chi connectivity index (χ0) is 34.0. The third-order valence-corrected chi connectivity index (χ3v) is 5.24. The maximum atomic E-state index is 12.5. The number of nitrogens with one attached hydrogen (secondary N) is 7. The van der Waals surface area contributed by atoms with Gasteiger partial charge in [-0.05, 0) is 12.8 Å². The monoisotopic (exact) mass is 633 g/mol. The predicted octanol–water partition coefficient (Wildman–Crippen LogP) is -6.23. The molecule has 5 amide bonds. The molecule has 0 heterocycles. The number of carbonyl (C=O) groups is 9. The van der Waals surface area contributed by atoms with Crippen molar-refractivity contribution >= 4 is 59.4 Å². The molecule has 0 aromatic carbocycles. The van der Waals surface area contributed by atoms with Crippen LogP contribution in [0.15, 0.2) is 0 Å². The van der Waals surface area contributed by atoms with E-state index in [9.17, 15) is 43.2 Å². The van der Waals surface area contributed by atoms with Crippen molar-refractivity contribution in [1.29, 1.82) is 5.41 Å². The molecular weight excluding hydrogens is 598 g/mol. The topological polar surface area (TPSA) is 383 Å². The molecular formula is C22H35N9O13. The first-order valence-corrected chi connectivity index (χ1v) is 12.6. The summed E-state index contributed by atoms with van der Waals surface area (Å²) in [7, 11) is 0. The number of carbonyl (C=O) groups excluding carboxylic acids is 5. The minimum atomic E-state index is -1.82. The van der Waals surface area contributed by atoms with Gasteiger partial charge < -0.3 is 63.8 Å². The van der Waals surface area contributed by atoms with Crippen molar-refractivity contribution in [1.82, 2.24) is 31.9 Å². The summed E-state index contributed by atoms with van der Waals surface area (Å²) in [5.41, 5.74) is 10.9. The van der Waals surface area contributed by atoms with Crippen LogP contribution >= 0.6 is 0 Å². The number of nitrogens with two attached hydrogens (primary N) is 2. The van der Waals surface area contributed by atoms with Crippen LogP contribution in [-0.4, -0.2) is 124 Å². The highest BCUT2D eigenvalue weighted by atomic mass is 16.4. The Morgan fingerprint density at radius 3 is 1.43 bits per heavy atom. The van der Waals surface area contributed by atoms with E-state index in [1.54, 1.807) is 0 Å². The molecule has 0 aliphatic rings. The lowest BCUT2D eigenvalue weighted by atomic mass is 10.1. The van der Waals surface area contributed by atoms with Crippen molar-refractivity contribution in [3.8, 4) is 0 Å². The van der Waals surface area contributed by atoms with Crippen molar-refractivity contribution in [3.05, 3.63) is 0 Å². The summed E-state index contributed by atoms with van der Waals surface area (Å²) in [4.78, 5) is 106. The first-order valence-electron chi connectivity index (χ1n) is 12.6. The van der Waals surface area contributed by atoms with Gasteiger partial charge in [0.1, 0.15) is 18.1 Å². The van der Waals surface area contributed by atoms with Crippen molar-refractivity contribution in [2.75, 3.05) is 19.6 Å². The van der Waals surface area contributed by atoms with Gasteiger partial charge in [-0.2, -0.15) is 0 Å². The normalized spacial score (nSPS) is 13.0. The smallest absolute Gasteiger partial charge is 0.326 e. The van der Waals surface area contributed by atoms with Crippen LogP contribution in [0.5, 0.6) is 0 Å². The summed E-state index contributed by atoms with van der Waals surface area (Å²) in [5.74, 6) is -12.1. The van der Waals surface area contributed by atoms with E-state index in [1.807, 2.05) is 21.3 Å².